The van der Waals surface area contributed by atoms with Crippen molar-refractivity contribution >= 4 is 33.8 Å². The van der Waals surface area contributed by atoms with Gasteiger partial charge in [-0.05, 0) is 51.0 Å². The molecule has 1 saturated heterocycles. The predicted octanol–water partition coefficient (Wildman–Crippen LogP) is 5.89. The largest absolute Gasteiger partial charge is 0.448 e. The Morgan fingerprint density at radius 1 is 1.06 bits per heavy atom. The Bertz CT molecular complexity index is 1580. The highest BCUT2D eigenvalue weighted by Crippen LogP contribution is 2.31. The molecule has 0 unspecified atom stereocenters. The Morgan fingerprint density at radius 3 is 2.69 bits per heavy atom. The number of fused-ring (bicyclic) bond motifs is 3. The molecule has 6 rings (SSSR count). The number of oxazole rings is 1. The summed E-state index contributed by atoms with van der Waals surface area (Å²) in [5, 5.41) is 1.47. The molecule has 0 radical (unpaired) electrons. The van der Waals surface area contributed by atoms with Gasteiger partial charge in [-0.15, -0.1) is 0 Å². The maximum absolute atomic E-state index is 13.5. The van der Waals surface area contributed by atoms with Crippen LogP contribution in [0.4, 0.5) is 0 Å². The van der Waals surface area contributed by atoms with Gasteiger partial charge in [0.05, 0.1) is 18.3 Å². The smallest absolute Gasteiger partial charge is 0.297 e. The fourth-order valence-electron chi connectivity index (χ4n) is 4.43. The van der Waals surface area contributed by atoms with Gasteiger partial charge in [0.2, 0.25) is 11.5 Å². The van der Waals surface area contributed by atoms with E-state index in [9.17, 15) is 4.79 Å². The van der Waals surface area contributed by atoms with Gasteiger partial charge in [-0.2, -0.15) is 0 Å². The highest BCUT2D eigenvalue weighted by molar-refractivity contribution is 7.98. The summed E-state index contributed by atoms with van der Waals surface area (Å²) in [6.07, 6.45) is 1.93. The van der Waals surface area contributed by atoms with Crippen LogP contribution in [0.15, 0.2) is 67.3 Å². The van der Waals surface area contributed by atoms with Crippen LogP contribution in [-0.2, 0) is 17.0 Å². The minimum absolute atomic E-state index is 0.00222. The summed E-state index contributed by atoms with van der Waals surface area (Å²) in [4.78, 5) is 23.2. The number of thioether (sulfide) groups is 1. The molecule has 0 N–H and O–H groups in total. The van der Waals surface area contributed by atoms with Crippen molar-refractivity contribution in [3.63, 3.8) is 0 Å². The van der Waals surface area contributed by atoms with Gasteiger partial charge in [-0.25, -0.2) is 9.97 Å². The predicted molar refractivity (Wildman–Crippen MR) is 136 cm³/mol. The number of rotatable bonds is 6. The molecular weight excluding hydrogens is 462 g/mol. The highest BCUT2D eigenvalue weighted by Gasteiger charge is 2.23. The fraction of sp³-hybridized carbons (Fsp3) is 0.296. The van der Waals surface area contributed by atoms with E-state index in [0.717, 1.165) is 41.9 Å². The third-order valence-electron chi connectivity index (χ3n) is 6.39. The number of ether oxygens (including phenoxy) is 1. The third-order valence-corrected chi connectivity index (χ3v) is 7.37. The van der Waals surface area contributed by atoms with Gasteiger partial charge in [-0.1, -0.05) is 41.6 Å². The lowest BCUT2D eigenvalue weighted by Crippen LogP contribution is -2.28. The number of para-hydroxylation sites is 1. The average molecular weight is 488 g/mol. The average Bonchev–Trinajstić information content (AvgIpc) is 3.59. The third kappa shape index (κ3) is 4.17. The summed E-state index contributed by atoms with van der Waals surface area (Å²) in [7, 11) is 0. The van der Waals surface area contributed by atoms with Gasteiger partial charge in [0.15, 0.2) is 5.16 Å². The lowest BCUT2D eigenvalue weighted by molar-refractivity contribution is 0.0937. The first kappa shape index (κ1) is 22.1. The number of benzene rings is 2. The van der Waals surface area contributed by atoms with Crippen molar-refractivity contribution in [1.29, 1.82) is 0 Å². The summed E-state index contributed by atoms with van der Waals surface area (Å²) >= 11 is 1.48. The molecule has 1 aliphatic heterocycles. The Morgan fingerprint density at radius 2 is 1.89 bits per heavy atom. The van der Waals surface area contributed by atoms with Gasteiger partial charge < -0.3 is 13.6 Å². The standard InChI is InChI=1S/C27H25N3O4S/c1-16-9-11-18(12-10-16)25-28-21(17(2)33-25)15-35-27-29-23-20-7-3-4-8-22(20)34-24(23)26(31)30(27)14-19-6-5-13-32-19/h3-4,7-12,19H,5-6,13-15H2,1-2H3/t19-/m0/s1. The molecule has 0 spiro atoms. The maximum atomic E-state index is 13.5. The van der Waals surface area contributed by atoms with Crippen LogP contribution in [-0.4, -0.2) is 27.2 Å². The van der Waals surface area contributed by atoms with E-state index in [0.29, 0.717) is 34.4 Å². The van der Waals surface area contributed by atoms with Gasteiger partial charge in [0.25, 0.3) is 5.56 Å². The molecule has 8 heteroatoms. The lowest BCUT2D eigenvalue weighted by Gasteiger charge is -2.15. The fourth-order valence-corrected chi connectivity index (χ4v) is 5.43. The first-order chi connectivity index (χ1) is 17.1. The van der Waals surface area contributed by atoms with Crippen molar-refractivity contribution in [3.8, 4) is 11.5 Å². The molecule has 2 aromatic carbocycles. The van der Waals surface area contributed by atoms with E-state index in [-0.39, 0.29) is 17.2 Å². The SMILES string of the molecule is Cc1ccc(-c2nc(CSc3nc4c(oc5ccccc54)c(=O)n3C[C@@H]3CCCO3)c(C)o2)cc1. The Hall–Kier alpha value is -3.36. The molecule has 1 atom stereocenters. The van der Waals surface area contributed by atoms with E-state index >= 15 is 0 Å². The first-order valence-corrected chi connectivity index (χ1v) is 12.8. The van der Waals surface area contributed by atoms with E-state index in [2.05, 4.69) is 6.92 Å². The van der Waals surface area contributed by atoms with Crippen molar-refractivity contribution in [1.82, 2.24) is 14.5 Å². The summed E-state index contributed by atoms with van der Waals surface area (Å²) in [5.41, 5.74) is 4.32. The van der Waals surface area contributed by atoms with Crippen LogP contribution in [0, 0.1) is 13.8 Å². The van der Waals surface area contributed by atoms with Crippen LogP contribution in [0.25, 0.3) is 33.5 Å². The topological polar surface area (TPSA) is 83.3 Å². The number of furan rings is 1. The van der Waals surface area contributed by atoms with E-state index in [1.807, 2.05) is 55.5 Å². The Kier molecular flexibility index (Phi) is 5.70. The molecule has 3 aromatic heterocycles. The van der Waals surface area contributed by atoms with Crippen LogP contribution in [0.5, 0.6) is 0 Å². The van der Waals surface area contributed by atoms with Crippen LogP contribution < -0.4 is 5.56 Å². The van der Waals surface area contributed by atoms with Crippen molar-refractivity contribution in [2.75, 3.05) is 6.61 Å². The molecule has 4 heterocycles. The molecule has 7 nitrogen and oxygen atoms in total. The second kappa shape index (κ2) is 9.02. The molecule has 0 aliphatic carbocycles. The maximum Gasteiger partial charge on any atom is 0.297 e. The van der Waals surface area contributed by atoms with Gasteiger partial charge in [0, 0.05) is 23.3 Å². The highest BCUT2D eigenvalue weighted by atomic mass is 32.2. The zero-order valence-electron chi connectivity index (χ0n) is 19.6. The number of aromatic nitrogens is 3. The van der Waals surface area contributed by atoms with E-state index in [1.165, 1.54) is 17.3 Å². The molecule has 0 amide bonds. The zero-order chi connectivity index (χ0) is 23.9. The number of hydrogen-bond acceptors (Lipinski definition) is 7. The van der Waals surface area contributed by atoms with Crippen molar-refractivity contribution < 1.29 is 13.6 Å². The lowest BCUT2D eigenvalue weighted by atomic mass is 10.1. The molecule has 1 fully saturated rings. The van der Waals surface area contributed by atoms with Crippen LogP contribution in [0.2, 0.25) is 0 Å². The van der Waals surface area contributed by atoms with Crippen LogP contribution >= 0.6 is 11.8 Å². The number of aryl methyl sites for hydroxylation is 2. The molecule has 0 bridgehead atoms. The van der Waals surface area contributed by atoms with Crippen LogP contribution in [0.1, 0.15) is 29.9 Å². The summed E-state index contributed by atoms with van der Waals surface area (Å²) in [6, 6.07) is 15.7. The molecule has 178 valence electrons. The summed E-state index contributed by atoms with van der Waals surface area (Å²) < 4.78 is 19.4. The van der Waals surface area contributed by atoms with Gasteiger partial charge >= 0.3 is 0 Å². The van der Waals surface area contributed by atoms with E-state index in [4.69, 9.17) is 23.5 Å². The van der Waals surface area contributed by atoms with Crippen molar-refractivity contribution in [3.05, 3.63) is 75.9 Å². The zero-order valence-corrected chi connectivity index (χ0v) is 20.4. The number of hydrogen-bond donors (Lipinski definition) is 0. The summed E-state index contributed by atoms with van der Waals surface area (Å²) in [6.45, 7) is 5.14. The molecular formula is C27H25N3O4S. The number of nitrogens with zero attached hydrogens (tertiary/aromatic N) is 3. The molecule has 0 saturated carbocycles. The quantitative estimate of drug-likeness (QED) is 0.218. The molecule has 5 aromatic rings. The second-order valence-electron chi connectivity index (χ2n) is 8.90. The minimum Gasteiger partial charge on any atom is -0.448 e. The van der Waals surface area contributed by atoms with E-state index in [1.54, 1.807) is 4.57 Å². The van der Waals surface area contributed by atoms with Crippen molar-refractivity contribution in [2.24, 2.45) is 0 Å². The van der Waals surface area contributed by atoms with Gasteiger partial charge in [-0.3, -0.25) is 9.36 Å². The molecule has 35 heavy (non-hydrogen) atoms. The van der Waals surface area contributed by atoms with Crippen LogP contribution in [0.3, 0.4) is 0 Å². The van der Waals surface area contributed by atoms with Crippen molar-refractivity contribution in [2.45, 2.75) is 50.2 Å². The normalized spacial score (nSPS) is 16.0. The Labute approximate surface area is 206 Å². The molecule has 1 aliphatic rings. The van der Waals surface area contributed by atoms with E-state index < -0.39 is 0 Å². The first-order valence-electron chi connectivity index (χ1n) is 11.8. The van der Waals surface area contributed by atoms with Gasteiger partial charge in [0.1, 0.15) is 16.9 Å². The Balaban J connectivity index is 1.37. The second-order valence-corrected chi connectivity index (χ2v) is 9.84. The minimum atomic E-state index is -0.179. The summed E-state index contributed by atoms with van der Waals surface area (Å²) in [5.74, 6) is 1.88. The monoisotopic (exact) mass is 487 g/mol.